The van der Waals surface area contributed by atoms with Crippen LogP contribution in [0.4, 0.5) is 0 Å². The van der Waals surface area contributed by atoms with E-state index in [1.807, 2.05) is 23.2 Å². The Balaban J connectivity index is 2.86. The van der Waals surface area contributed by atoms with Gasteiger partial charge in [-0.15, -0.1) is 0 Å². The Morgan fingerprint density at radius 1 is 0.722 bits per heavy atom. The topological polar surface area (TPSA) is 9.86 Å². The van der Waals surface area contributed by atoms with E-state index in [0.29, 0.717) is 10.0 Å². The molecule has 0 amide bonds. The van der Waals surface area contributed by atoms with Crippen LogP contribution < -0.4 is 0 Å². The Morgan fingerprint density at radius 3 is 1.56 bits per heavy atom. The standard InChI is InChI=1S/C10H6Br4Cl2N2/c1-17-7(3(11)4(12)9(17)13)8-5(15)6(16)10(14)18(8)2/h1-2H3. The van der Waals surface area contributed by atoms with Crippen LogP contribution in [0.2, 0.25) is 10.0 Å². The molecular weight excluding hydrogens is 539 g/mol. The minimum atomic E-state index is 0.509. The highest BCUT2D eigenvalue weighted by Crippen LogP contribution is 2.47. The predicted octanol–water partition coefficient (Wildman–Crippen LogP) is 6.39. The molecule has 0 aliphatic carbocycles. The first-order valence-electron chi connectivity index (χ1n) is 4.67. The molecule has 0 bridgehead atoms. The van der Waals surface area contributed by atoms with Crippen LogP contribution in [0.1, 0.15) is 0 Å². The maximum Gasteiger partial charge on any atom is 0.105 e. The van der Waals surface area contributed by atoms with Gasteiger partial charge in [0.15, 0.2) is 0 Å². The molecule has 2 aromatic heterocycles. The molecule has 2 nitrogen and oxygen atoms in total. The van der Waals surface area contributed by atoms with Crippen LogP contribution in [0.15, 0.2) is 18.2 Å². The normalized spacial score (nSPS) is 11.3. The van der Waals surface area contributed by atoms with Crippen molar-refractivity contribution in [3.05, 3.63) is 28.2 Å². The van der Waals surface area contributed by atoms with Crippen LogP contribution in [-0.4, -0.2) is 9.13 Å². The van der Waals surface area contributed by atoms with Gasteiger partial charge in [0.1, 0.15) is 9.21 Å². The van der Waals surface area contributed by atoms with E-state index in [-0.39, 0.29) is 0 Å². The van der Waals surface area contributed by atoms with Crippen molar-refractivity contribution in [2.75, 3.05) is 0 Å². The van der Waals surface area contributed by atoms with Crippen molar-refractivity contribution in [2.45, 2.75) is 0 Å². The van der Waals surface area contributed by atoms with E-state index in [9.17, 15) is 0 Å². The van der Waals surface area contributed by atoms with Crippen LogP contribution in [0.3, 0.4) is 0 Å². The highest BCUT2D eigenvalue weighted by molar-refractivity contribution is 9.14. The van der Waals surface area contributed by atoms with Gasteiger partial charge in [0, 0.05) is 14.1 Å². The second-order valence-corrected chi connectivity index (χ2v) is 7.50. The SMILES string of the molecule is Cn1c(Br)c(Cl)c(Cl)c1-c1c(Br)c(Br)c(Br)n1C. The highest BCUT2D eigenvalue weighted by atomic mass is 79.9. The van der Waals surface area contributed by atoms with E-state index in [0.717, 1.165) is 29.5 Å². The molecule has 0 aliphatic rings. The minimum absolute atomic E-state index is 0.509. The molecule has 2 heterocycles. The fourth-order valence-electron chi connectivity index (χ4n) is 1.70. The molecule has 2 rings (SSSR count). The number of hydrogen-bond donors (Lipinski definition) is 0. The molecule has 0 spiro atoms. The molecule has 0 radical (unpaired) electrons. The van der Waals surface area contributed by atoms with Crippen LogP contribution in [-0.2, 0) is 14.1 Å². The van der Waals surface area contributed by atoms with Crippen molar-refractivity contribution in [3.8, 4) is 11.4 Å². The lowest BCUT2D eigenvalue weighted by atomic mass is 10.3. The van der Waals surface area contributed by atoms with Crippen molar-refractivity contribution >= 4 is 86.9 Å². The summed E-state index contributed by atoms with van der Waals surface area (Å²) in [7, 11) is 3.85. The monoisotopic (exact) mass is 540 g/mol. The number of rotatable bonds is 1. The van der Waals surface area contributed by atoms with Gasteiger partial charge in [-0.05, 0) is 63.7 Å². The average molecular weight is 545 g/mol. The molecule has 0 fully saturated rings. The van der Waals surface area contributed by atoms with Crippen LogP contribution in [0, 0.1) is 0 Å². The Hall–Kier alpha value is 1.06. The smallest absolute Gasteiger partial charge is 0.105 e. The number of hydrogen-bond acceptors (Lipinski definition) is 0. The fourth-order valence-corrected chi connectivity index (χ4v) is 4.45. The minimum Gasteiger partial charge on any atom is -0.335 e. The largest absolute Gasteiger partial charge is 0.335 e. The predicted molar refractivity (Wildman–Crippen MR) is 90.6 cm³/mol. The first-order chi connectivity index (χ1) is 8.29. The summed E-state index contributed by atoms with van der Waals surface area (Å²) in [4.78, 5) is 0. The van der Waals surface area contributed by atoms with E-state index in [2.05, 4.69) is 63.7 Å². The summed E-state index contributed by atoms with van der Waals surface area (Å²) >= 11 is 26.5. The van der Waals surface area contributed by atoms with Gasteiger partial charge < -0.3 is 9.13 Å². The van der Waals surface area contributed by atoms with Crippen molar-refractivity contribution in [3.63, 3.8) is 0 Å². The summed E-state index contributed by atoms with van der Waals surface area (Å²) < 4.78 is 7.42. The Bertz CT molecular complexity index is 538. The summed E-state index contributed by atoms with van der Waals surface area (Å²) in [6.07, 6.45) is 0. The first-order valence-corrected chi connectivity index (χ1v) is 8.60. The Morgan fingerprint density at radius 2 is 1.22 bits per heavy atom. The molecule has 0 aromatic carbocycles. The van der Waals surface area contributed by atoms with Gasteiger partial charge in [0.2, 0.25) is 0 Å². The number of nitrogens with zero attached hydrogens (tertiary/aromatic N) is 2. The molecule has 98 valence electrons. The average Bonchev–Trinajstić information content (AvgIpc) is 2.64. The first kappa shape index (κ1) is 15.4. The second kappa shape index (κ2) is 5.45. The highest BCUT2D eigenvalue weighted by Gasteiger charge is 2.25. The van der Waals surface area contributed by atoms with Crippen molar-refractivity contribution in [1.82, 2.24) is 9.13 Å². The van der Waals surface area contributed by atoms with Gasteiger partial charge in [-0.2, -0.15) is 0 Å². The van der Waals surface area contributed by atoms with Crippen molar-refractivity contribution in [2.24, 2.45) is 14.1 Å². The third kappa shape index (κ3) is 2.17. The molecule has 0 atom stereocenters. The zero-order valence-corrected chi connectivity index (χ0v) is 17.0. The third-order valence-electron chi connectivity index (χ3n) is 2.65. The van der Waals surface area contributed by atoms with E-state index < -0.39 is 0 Å². The molecule has 18 heavy (non-hydrogen) atoms. The fraction of sp³-hybridized carbons (Fsp3) is 0.200. The second-order valence-electron chi connectivity index (χ2n) is 3.65. The van der Waals surface area contributed by atoms with Crippen LogP contribution in [0.25, 0.3) is 11.4 Å². The lowest BCUT2D eigenvalue weighted by molar-refractivity contribution is 0.860. The van der Waals surface area contributed by atoms with E-state index >= 15 is 0 Å². The van der Waals surface area contributed by atoms with E-state index in [1.165, 1.54) is 0 Å². The Labute approximate surface area is 148 Å². The van der Waals surface area contributed by atoms with Gasteiger partial charge in [-0.3, -0.25) is 0 Å². The summed E-state index contributed by atoms with van der Waals surface area (Å²) in [5.74, 6) is 0. The third-order valence-corrected chi connectivity index (χ3v) is 8.17. The van der Waals surface area contributed by atoms with Gasteiger partial charge in [-0.1, -0.05) is 23.2 Å². The van der Waals surface area contributed by atoms with Gasteiger partial charge in [-0.25, -0.2) is 0 Å². The molecule has 0 saturated carbocycles. The molecule has 0 N–H and O–H groups in total. The number of halogens is 6. The molecular formula is C10H6Br4Cl2N2. The Kier molecular flexibility index (Phi) is 4.68. The lowest BCUT2D eigenvalue weighted by Crippen LogP contribution is -1.98. The summed E-state index contributed by atoms with van der Waals surface area (Å²) in [6, 6.07) is 0. The van der Waals surface area contributed by atoms with Crippen molar-refractivity contribution < 1.29 is 0 Å². The van der Waals surface area contributed by atoms with E-state index in [1.54, 1.807) is 0 Å². The maximum absolute atomic E-state index is 6.31. The zero-order valence-electron chi connectivity index (χ0n) is 9.16. The summed E-state index contributed by atoms with van der Waals surface area (Å²) in [5.41, 5.74) is 1.78. The zero-order chi connectivity index (χ0) is 13.8. The van der Waals surface area contributed by atoms with Crippen molar-refractivity contribution in [1.29, 1.82) is 0 Å². The van der Waals surface area contributed by atoms with Crippen LogP contribution >= 0.6 is 86.9 Å². The quantitative estimate of drug-likeness (QED) is 0.394. The molecule has 0 unspecified atom stereocenters. The summed E-state index contributed by atoms with van der Waals surface area (Å²) in [6.45, 7) is 0. The number of aromatic nitrogens is 2. The van der Waals surface area contributed by atoms with Gasteiger partial charge in [0.05, 0.1) is 30.4 Å². The summed E-state index contributed by atoms with van der Waals surface area (Å²) in [5, 5.41) is 1.03. The van der Waals surface area contributed by atoms with Gasteiger partial charge in [0.25, 0.3) is 0 Å². The van der Waals surface area contributed by atoms with Gasteiger partial charge >= 0.3 is 0 Å². The lowest BCUT2D eigenvalue weighted by Gasteiger charge is -2.08. The maximum atomic E-state index is 6.31. The van der Waals surface area contributed by atoms with E-state index in [4.69, 9.17) is 23.2 Å². The molecule has 0 aliphatic heterocycles. The molecule has 2 aromatic rings. The molecule has 0 saturated heterocycles. The molecule has 8 heteroatoms. The van der Waals surface area contributed by atoms with Crippen LogP contribution in [0.5, 0.6) is 0 Å².